The zero-order valence-corrected chi connectivity index (χ0v) is 22.1. The van der Waals surface area contributed by atoms with Crippen molar-refractivity contribution in [2.45, 2.75) is 104 Å². The van der Waals surface area contributed by atoms with E-state index in [1.165, 1.54) is 62.9 Å². The molecule has 4 nitrogen and oxygen atoms in total. The molecule has 0 aliphatic carbocycles. The van der Waals surface area contributed by atoms with E-state index in [0.717, 1.165) is 13.0 Å². The van der Waals surface area contributed by atoms with Crippen molar-refractivity contribution in [2.75, 3.05) is 31.3 Å². The van der Waals surface area contributed by atoms with Crippen LogP contribution in [0.2, 0.25) is 0 Å². The Morgan fingerprint density at radius 2 is 1.31 bits per heavy atom. The zero-order valence-electron chi connectivity index (χ0n) is 19.5. The molecule has 0 saturated carbocycles. The van der Waals surface area contributed by atoms with Crippen LogP contribution < -0.4 is 0 Å². The Labute approximate surface area is 190 Å². The van der Waals surface area contributed by atoms with Crippen molar-refractivity contribution < 1.29 is 9.05 Å². The molecule has 0 aromatic carbocycles. The van der Waals surface area contributed by atoms with E-state index in [0.29, 0.717) is 25.2 Å². The molecule has 0 aliphatic rings. The van der Waals surface area contributed by atoms with E-state index in [-0.39, 0.29) is 0 Å². The molecule has 0 radical (unpaired) electrons. The Kier molecular flexibility index (Phi) is 22.1. The van der Waals surface area contributed by atoms with Crippen LogP contribution in [0.25, 0.3) is 4.85 Å². The summed E-state index contributed by atoms with van der Waals surface area (Å²) in [6.07, 6.45) is 11.8. The van der Waals surface area contributed by atoms with Crippen molar-refractivity contribution in [3.63, 3.8) is 0 Å². The van der Waals surface area contributed by atoms with E-state index in [9.17, 15) is 0 Å². The van der Waals surface area contributed by atoms with Crippen LogP contribution in [0, 0.1) is 6.57 Å². The van der Waals surface area contributed by atoms with E-state index >= 15 is 0 Å². The van der Waals surface area contributed by atoms with Gasteiger partial charge in [-0.2, -0.15) is 0 Å². The molecular weight excluding hydrogens is 419 g/mol. The Hall–Kier alpha value is 0.500. The van der Waals surface area contributed by atoms with Crippen molar-refractivity contribution in [3.8, 4) is 0 Å². The average molecular weight is 465 g/mol. The van der Waals surface area contributed by atoms with Crippen LogP contribution in [0.15, 0.2) is 0 Å². The maximum Gasteiger partial charge on any atom is 0.259 e. The minimum absolute atomic E-state index is 0.371. The lowest BCUT2D eigenvalue weighted by molar-refractivity contribution is 0.176. The number of unbranched alkanes of at least 4 members (excludes halogenated alkanes) is 7. The van der Waals surface area contributed by atoms with Crippen molar-refractivity contribution in [1.29, 1.82) is 0 Å². The maximum absolute atomic E-state index is 6.94. The fourth-order valence-corrected chi connectivity index (χ4v) is 6.86. The van der Waals surface area contributed by atoms with Gasteiger partial charge in [-0.15, -0.1) is 0 Å². The molecule has 0 heterocycles. The summed E-state index contributed by atoms with van der Waals surface area (Å²) < 4.78 is 14.4. The molecule has 0 aromatic heterocycles. The molecule has 0 fully saturated rings. The summed E-state index contributed by atoms with van der Waals surface area (Å²) in [5.74, 6) is 2.57. The first-order chi connectivity index (χ1) is 14.0. The Balaban J connectivity index is 3.77. The second-order valence-electron chi connectivity index (χ2n) is 7.83. The summed E-state index contributed by atoms with van der Waals surface area (Å²) in [6, 6.07) is 0.741. The summed E-state index contributed by atoms with van der Waals surface area (Å²) in [7, 11) is 3.03. The lowest BCUT2D eigenvalue weighted by atomic mass is 10.2. The predicted octanol–water partition coefficient (Wildman–Crippen LogP) is 8.20. The average Bonchev–Trinajstić information content (AvgIpc) is 2.67. The molecule has 0 rings (SSSR count). The lowest BCUT2D eigenvalue weighted by Gasteiger charge is -2.35. The molecule has 7 heteroatoms. The van der Waals surface area contributed by atoms with Gasteiger partial charge in [-0.05, 0) is 47.0 Å². The Morgan fingerprint density at radius 1 is 0.793 bits per heavy atom. The number of rotatable bonds is 21. The number of hydrogen-bond donors (Lipinski definition) is 0. The molecule has 0 saturated heterocycles. The molecular formula is C22H45N2O2PS2. The van der Waals surface area contributed by atoms with Gasteiger partial charge in [-0.25, -0.2) is 11.2 Å². The first-order valence-corrected chi connectivity index (χ1v) is 15.1. The highest BCUT2D eigenvalue weighted by Crippen LogP contribution is 2.45. The topological polar surface area (TPSA) is 26.1 Å². The second-order valence-corrected chi connectivity index (χ2v) is 12.0. The number of nitrogens with zero attached hydrogens (tertiary/aromatic N) is 2. The van der Waals surface area contributed by atoms with Gasteiger partial charge in [-0.1, -0.05) is 67.0 Å². The summed E-state index contributed by atoms with van der Waals surface area (Å²) in [5.41, 5.74) is 0. The highest BCUT2D eigenvalue weighted by atomic mass is 33.1. The van der Waals surface area contributed by atoms with Gasteiger partial charge < -0.3 is 13.9 Å². The van der Waals surface area contributed by atoms with Gasteiger partial charge in [0.25, 0.3) is 8.53 Å². The van der Waals surface area contributed by atoms with Crippen LogP contribution in [-0.4, -0.2) is 48.0 Å². The van der Waals surface area contributed by atoms with Gasteiger partial charge in [-0.3, -0.25) is 0 Å². The molecule has 172 valence electrons. The normalized spacial score (nSPS) is 12.8. The fraction of sp³-hybridized carbons (Fsp3) is 0.955. The largest absolute Gasteiger partial charge is 0.322 e. The van der Waals surface area contributed by atoms with E-state index in [1.54, 1.807) is 0 Å². The molecule has 0 amide bonds. The molecule has 0 aromatic rings. The monoisotopic (exact) mass is 464 g/mol. The van der Waals surface area contributed by atoms with Gasteiger partial charge in [0.2, 0.25) is 6.54 Å². The van der Waals surface area contributed by atoms with Gasteiger partial charge in [0.1, 0.15) is 6.61 Å². The zero-order chi connectivity index (χ0) is 21.7. The summed E-state index contributed by atoms with van der Waals surface area (Å²) in [6.45, 7) is 19.5. The van der Waals surface area contributed by atoms with E-state index in [1.807, 2.05) is 10.8 Å². The van der Waals surface area contributed by atoms with Crippen molar-refractivity contribution in [3.05, 3.63) is 11.4 Å². The molecule has 29 heavy (non-hydrogen) atoms. The molecule has 0 spiro atoms. The summed E-state index contributed by atoms with van der Waals surface area (Å²) in [4.78, 5) is 3.39. The summed E-state index contributed by atoms with van der Waals surface area (Å²) in [5, 5.41) is 0. The first kappa shape index (κ1) is 29.5. The summed E-state index contributed by atoms with van der Waals surface area (Å²) >= 11 is 0. The third-order valence-electron chi connectivity index (χ3n) is 4.39. The van der Waals surface area contributed by atoms with Crippen LogP contribution in [0.5, 0.6) is 0 Å². The van der Waals surface area contributed by atoms with Crippen LogP contribution in [0.3, 0.4) is 0 Å². The van der Waals surface area contributed by atoms with Crippen molar-refractivity contribution in [1.82, 2.24) is 4.67 Å². The quantitative estimate of drug-likeness (QED) is 0.0738. The second kappa shape index (κ2) is 21.7. The van der Waals surface area contributed by atoms with Crippen molar-refractivity contribution >= 4 is 30.1 Å². The minimum atomic E-state index is -1.07. The van der Waals surface area contributed by atoms with Gasteiger partial charge in [0, 0.05) is 23.6 Å². The highest BCUT2D eigenvalue weighted by molar-refractivity contribution is 8.76. The SMILES string of the molecule is [C-]#[N+]CCOP(OCCCCCCSSCCCCCCC)N(C(C)C)C(C)C. The van der Waals surface area contributed by atoms with Crippen molar-refractivity contribution in [2.24, 2.45) is 0 Å². The molecule has 0 N–H and O–H groups in total. The van der Waals surface area contributed by atoms with Gasteiger partial charge in [0.05, 0.1) is 6.61 Å². The van der Waals surface area contributed by atoms with Crippen LogP contribution in [-0.2, 0) is 9.05 Å². The van der Waals surface area contributed by atoms with E-state index in [4.69, 9.17) is 15.6 Å². The standard InChI is InChI=1S/C22H45N2O2PS2/c1-7-8-9-11-14-19-28-29-20-15-12-10-13-17-25-27(26-18-16-23-6)24(21(2)3)22(4)5/h21-22H,7-20H2,1-5H3. The Bertz CT molecular complexity index is 387. The van der Waals surface area contributed by atoms with Crippen LogP contribution in [0.1, 0.15) is 92.4 Å². The molecule has 0 aliphatic heterocycles. The lowest BCUT2D eigenvalue weighted by Crippen LogP contribution is -2.33. The third-order valence-corrected chi connectivity index (χ3v) is 9.07. The maximum atomic E-state index is 6.94. The first-order valence-electron chi connectivity index (χ1n) is 11.5. The van der Waals surface area contributed by atoms with Gasteiger partial charge in [0.15, 0.2) is 0 Å². The van der Waals surface area contributed by atoms with E-state index in [2.05, 4.69) is 54.9 Å². The van der Waals surface area contributed by atoms with Crippen LogP contribution >= 0.6 is 30.1 Å². The minimum Gasteiger partial charge on any atom is -0.322 e. The predicted molar refractivity (Wildman–Crippen MR) is 135 cm³/mol. The smallest absolute Gasteiger partial charge is 0.259 e. The Morgan fingerprint density at radius 3 is 1.83 bits per heavy atom. The molecule has 1 atom stereocenters. The molecule has 1 unspecified atom stereocenters. The molecule has 0 bridgehead atoms. The highest BCUT2D eigenvalue weighted by Gasteiger charge is 2.27. The fourth-order valence-electron chi connectivity index (χ4n) is 2.95. The third kappa shape index (κ3) is 17.8. The number of hydrogen-bond acceptors (Lipinski definition) is 5. The van der Waals surface area contributed by atoms with Gasteiger partial charge >= 0.3 is 0 Å². The van der Waals surface area contributed by atoms with E-state index < -0.39 is 8.53 Å². The van der Waals surface area contributed by atoms with Crippen LogP contribution in [0.4, 0.5) is 0 Å².